The van der Waals surface area contributed by atoms with Gasteiger partial charge < -0.3 is 9.88 Å². The second-order valence-electron chi connectivity index (χ2n) is 7.20. The van der Waals surface area contributed by atoms with Crippen molar-refractivity contribution in [3.8, 4) is 10.6 Å². The third kappa shape index (κ3) is 3.06. The van der Waals surface area contributed by atoms with Crippen molar-refractivity contribution in [2.75, 3.05) is 6.54 Å². The number of carbonyl (C=O) groups is 1. The van der Waals surface area contributed by atoms with E-state index < -0.39 is 6.02 Å². The van der Waals surface area contributed by atoms with Crippen molar-refractivity contribution in [3.05, 3.63) is 70.5 Å². The number of aryl methyl sites for hydroxylation is 1. The fourth-order valence-corrected chi connectivity index (χ4v) is 5.60. The molecule has 0 saturated carbocycles. The first-order chi connectivity index (χ1) is 15.5. The molecule has 1 N–H and O–H groups in total. The Kier molecular flexibility index (Phi) is 3.97. The summed E-state index contributed by atoms with van der Waals surface area (Å²) in [6, 6.07) is 6.24. The van der Waals surface area contributed by atoms with E-state index in [0.717, 1.165) is 26.5 Å². The Morgan fingerprint density at radius 1 is 1.26 bits per heavy atom. The number of fused-ring (bicyclic) bond motifs is 2. The lowest BCUT2D eigenvalue weighted by atomic mass is 10.0. The number of hydrogen-bond acceptors (Lipinski definition) is 7. The van der Waals surface area contributed by atoms with Crippen LogP contribution < -0.4 is 0 Å². The van der Waals surface area contributed by atoms with Crippen molar-refractivity contribution >= 4 is 38.8 Å². The zero-order valence-corrected chi connectivity index (χ0v) is 18.1. The van der Waals surface area contributed by atoms with E-state index in [1.165, 1.54) is 22.7 Å². The molecule has 10 heteroatoms. The van der Waals surface area contributed by atoms with Gasteiger partial charge in [0.25, 0.3) is 5.91 Å². The molecule has 31 heavy (non-hydrogen) atoms. The summed E-state index contributed by atoms with van der Waals surface area (Å²) in [4.78, 5) is 32.4. The van der Waals surface area contributed by atoms with Crippen molar-refractivity contribution < 1.29 is 6.17 Å². The molecule has 4 aromatic heterocycles. The fourth-order valence-electron chi connectivity index (χ4n) is 3.74. The number of carbonyl (C=O) groups excluding carboxylic acids is 1. The Balaban J connectivity index is 1.45. The van der Waals surface area contributed by atoms with Crippen molar-refractivity contribution in [2.45, 2.75) is 12.4 Å². The monoisotopic (exact) mass is 448 g/mol. The van der Waals surface area contributed by atoms with Gasteiger partial charge in [-0.3, -0.25) is 9.48 Å². The third-order valence-corrected chi connectivity index (χ3v) is 7.29. The van der Waals surface area contributed by atoms with Crippen LogP contribution in [0.2, 0.25) is 0 Å². The second kappa shape index (κ2) is 7.10. The Labute approximate surface area is 186 Å². The first-order valence-corrected chi connectivity index (χ1v) is 11.3. The highest BCUT2D eigenvalue weighted by Gasteiger charge is 2.37. The van der Waals surface area contributed by atoms with Gasteiger partial charge in [-0.1, -0.05) is 12.1 Å². The lowest BCUT2D eigenvalue weighted by Crippen LogP contribution is -2.40. The Bertz CT molecular complexity index is 1430. The lowest BCUT2D eigenvalue weighted by molar-refractivity contribution is 0.0695. The molecule has 0 saturated heterocycles. The maximum atomic E-state index is 13.7. The number of H-pyrrole nitrogens is 1. The van der Waals surface area contributed by atoms with Gasteiger partial charge in [-0.25, -0.2) is 15.0 Å². The third-order valence-electron chi connectivity index (χ3n) is 5.21. The Morgan fingerprint density at radius 3 is 3.00 bits per heavy atom. The van der Waals surface area contributed by atoms with Crippen molar-refractivity contribution in [3.63, 3.8) is 0 Å². The van der Waals surface area contributed by atoms with Crippen LogP contribution in [-0.4, -0.2) is 47.1 Å². The maximum Gasteiger partial charge on any atom is 0.266 e. The molecule has 0 aliphatic carbocycles. The van der Waals surface area contributed by atoms with Gasteiger partial charge in [0.15, 0.2) is 0 Å². The van der Waals surface area contributed by atoms with Gasteiger partial charge in [0.05, 0.1) is 36.0 Å². The highest BCUT2D eigenvalue weighted by Crippen LogP contribution is 2.38. The average Bonchev–Trinajstić information content (AvgIpc) is 3.58. The summed E-state index contributed by atoms with van der Waals surface area (Å²) in [5, 5.41) is 5.42. The van der Waals surface area contributed by atoms with Crippen LogP contribution in [-0.2, 0) is 13.5 Å². The first kappa shape index (κ1) is 17.3. The summed E-state index contributed by atoms with van der Waals surface area (Å²) in [5.41, 5.74) is 3.05. The molecule has 5 aromatic rings. The molecule has 1 atom stereocenters. The quantitative estimate of drug-likeness (QED) is 0.455. The van der Waals surface area contributed by atoms with Crippen LogP contribution in [0.1, 0.15) is 33.5 Å². The number of hydrogen-bond donors (Lipinski definition) is 1. The smallest absolute Gasteiger partial charge is 0.266 e. The fraction of sp³-hybridized carbons (Fsp3) is 0.190. The minimum Gasteiger partial charge on any atom is -0.348 e. The van der Waals surface area contributed by atoms with Crippen molar-refractivity contribution in [1.29, 1.82) is 0 Å². The summed E-state index contributed by atoms with van der Waals surface area (Å²) in [5.74, 6) is -0.249. The van der Waals surface area contributed by atoms with Gasteiger partial charge >= 0.3 is 0 Å². The van der Waals surface area contributed by atoms with Gasteiger partial charge in [0.1, 0.15) is 20.9 Å². The maximum absolute atomic E-state index is 13.7. The molecule has 1 aliphatic rings. The Hall–Kier alpha value is -3.37. The number of nitrogens with one attached hydrogen (secondary N) is 1. The number of amides is 1. The van der Waals surface area contributed by atoms with E-state index in [-0.39, 0.29) is 5.91 Å². The molecule has 0 radical (unpaired) electrons. The zero-order valence-electron chi connectivity index (χ0n) is 17.4. The van der Waals surface area contributed by atoms with E-state index in [2.05, 4.69) is 20.1 Å². The number of rotatable bonds is 3. The zero-order chi connectivity index (χ0) is 21.9. The molecular weight excluding hydrogens is 430 g/mol. The predicted octanol–water partition coefficient (Wildman–Crippen LogP) is 3.66. The van der Waals surface area contributed by atoms with E-state index in [4.69, 9.17) is 4.98 Å². The number of aromatic nitrogens is 6. The molecule has 0 spiro atoms. The first-order valence-electron chi connectivity index (χ1n) is 10.2. The van der Waals surface area contributed by atoms with Crippen LogP contribution in [0.25, 0.3) is 20.8 Å². The minimum absolute atomic E-state index is 0.249. The predicted molar refractivity (Wildman–Crippen MR) is 119 cm³/mol. The topological polar surface area (TPSA) is 92.6 Å². The van der Waals surface area contributed by atoms with Crippen molar-refractivity contribution in [2.24, 2.45) is 7.05 Å². The van der Waals surface area contributed by atoms with Crippen LogP contribution in [0, 0.1) is 0 Å². The lowest BCUT2D eigenvalue weighted by Gasteiger charge is -2.33. The molecule has 1 aromatic carbocycles. The summed E-state index contributed by atoms with van der Waals surface area (Å²) in [6.07, 6.45) is 7.34. The number of nitrogens with zero attached hydrogens (tertiary/aromatic N) is 6. The number of imidazole rings is 1. The second-order valence-corrected chi connectivity index (χ2v) is 9.27. The molecule has 0 unspecified atom stereocenters. The van der Waals surface area contributed by atoms with E-state index in [1.807, 2.05) is 37.5 Å². The van der Waals surface area contributed by atoms with Crippen LogP contribution in [0.5, 0.6) is 0 Å². The molecular formula is C21H17N7OS2. The normalized spacial score (nSPS) is 18.9. The number of aromatic amines is 1. The van der Waals surface area contributed by atoms with Gasteiger partial charge in [-0.05, 0) is 12.1 Å². The van der Waals surface area contributed by atoms with Crippen LogP contribution >= 0.6 is 22.7 Å². The van der Waals surface area contributed by atoms with E-state index in [1.54, 1.807) is 28.3 Å². The minimum atomic E-state index is -1.52. The van der Waals surface area contributed by atoms with Gasteiger partial charge in [-0.2, -0.15) is 5.10 Å². The molecule has 0 bridgehead atoms. The van der Waals surface area contributed by atoms with E-state index >= 15 is 0 Å². The van der Waals surface area contributed by atoms with Gasteiger partial charge in [0.2, 0.25) is 0 Å². The summed E-state index contributed by atoms with van der Waals surface area (Å²) in [6.45, 7) is 0.383. The summed E-state index contributed by atoms with van der Waals surface area (Å²) >= 11 is 2.72. The molecule has 1 aliphatic heterocycles. The average molecular weight is 449 g/mol. The van der Waals surface area contributed by atoms with Crippen LogP contribution in [0.15, 0.2) is 49.2 Å². The SMILES string of the molecule is [2H][C@@]1(c2nc3ccccc3s2)c2nc[nH]c2CCN1C(=O)c1cnc(-c2cnn(C)c2)s1. The molecule has 6 rings (SSSR count). The summed E-state index contributed by atoms with van der Waals surface area (Å²) < 4.78 is 12.2. The molecule has 154 valence electrons. The number of benzene rings is 1. The highest BCUT2D eigenvalue weighted by atomic mass is 32.1. The number of thiazole rings is 2. The standard InChI is InChI=1S/C21H17N7OS2/c1-27-10-12(8-25-27)19-22-9-16(31-19)21(29)28-7-6-14-17(24-11-23-14)18(28)20-26-13-4-2-3-5-15(13)30-20/h2-5,8-11,18H,6-7H2,1H3,(H,23,24)/t18-/m0/s1/i18D. The highest BCUT2D eigenvalue weighted by molar-refractivity contribution is 7.18. The van der Waals surface area contributed by atoms with Crippen molar-refractivity contribution in [1.82, 2.24) is 34.6 Å². The van der Waals surface area contributed by atoms with Gasteiger partial charge in [0, 0.05) is 37.5 Å². The van der Waals surface area contributed by atoms with Gasteiger partial charge in [-0.15, -0.1) is 22.7 Å². The molecule has 5 heterocycles. The number of para-hydroxylation sites is 1. The largest absolute Gasteiger partial charge is 0.348 e. The van der Waals surface area contributed by atoms with E-state index in [0.29, 0.717) is 28.5 Å². The van der Waals surface area contributed by atoms with E-state index in [9.17, 15) is 6.17 Å². The molecule has 1 amide bonds. The molecule has 0 fully saturated rings. The van der Waals surface area contributed by atoms with Crippen LogP contribution in [0.3, 0.4) is 0 Å². The van der Waals surface area contributed by atoms with Crippen LogP contribution in [0.4, 0.5) is 0 Å². The Morgan fingerprint density at radius 2 is 2.16 bits per heavy atom. The summed E-state index contributed by atoms with van der Waals surface area (Å²) in [7, 11) is 1.84. The molecule has 8 nitrogen and oxygen atoms in total.